The topological polar surface area (TPSA) is 49.4 Å². The van der Waals surface area contributed by atoms with Crippen molar-refractivity contribution in [3.05, 3.63) is 105 Å². The van der Waals surface area contributed by atoms with Gasteiger partial charge in [0.15, 0.2) is 0 Å². The molecule has 0 bridgehead atoms. The minimum atomic E-state index is -0.784. The Morgan fingerprint density at radius 1 is 1.00 bits per heavy atom. The minimum Gasteiger partial charge on any atom is -0.354 e. The summed E-state index contributed by atoms with van der Waals surface area (Å²) in [6.07, 6.45) is 0.0811. The maximum atomic E-state index is 14.5. The first kappa shape index (κ1) is 26.9. The predicted octanol–water partition coefficient (Wildman–Crippen LogP) is 6.20. The smallest absolute Gasteiger partial charge is 0.243 e. The highest BCUT2D eigenvalue weighted by atomic mass is 79.9. The van der Waals surface area contributed by atoms with Gasteiger partial charge in [-0.2, -0.15) is 0 Å². The van der Waals surface area contributed by atoms with Gasteiger partial charge in [0, 0.05) is 34.6 Å². The van der Waals surface area contributed by atoms with Gasteiger partial charge >= 0.3 is 0 Å². The van der Waals surface area contributed by atoms with Crippen LogP contribution in [-0.2, 0) is 29.0 Å². The molecule has 3 aromatic carbocycles. The van der Waals surface area contributed by atoms with Crippen LogP contribution in [-0.4, -0.2) is 29.3 Å². The number of hydrogen-bond donors (Lipinski definition) is 1. The quantitative estimate of drug-likeness (QED) is 0.322. The van der Waals surface area contributed by atoms with Gasteiger partial charge in [0.05, 0.1) is 6.42 Å². The third kappa shape index (κ3) is 7.91. The molecule has 3 rings (SSSR count). The molecule has 7 heteroatoms. The van der Waals surface area contributed by atoms with Gasteiger partial charge in [-0.15, -0.1) is 0 Å². The van der Waals surface area contributed by atoms with Gasteiger partial charge in [-0.1, -0.05) is 89.9 Å². The van der Waals surface area contributed by atoms with E-state index in [1.807, 2.05) is 68.4 Å². The van der Waals surface area contributed by atoms with Crippen molar-refractivity contribution >= 4 is 39.3 Å². The summed E-state index contributed by atoms with van der Waals surface area (Å²) in [6.45, 7) is 4.70. The number of halogens is 3. The van der Waals surface area contributed by atoms with Crippen LogP contribution in [0.1, 0.15) is 30.5 Å². The largest absolute Gasteiger partial charge is 0.354 e. The van der Waals surface area contributed by atoms with Crippen LogP contribution in [0, 0.1) is 11.7 Å². The van der Waals surface area contributed by atoms with E-state index in [0.29, 0.717) is 13.0 Å². The summed E-state index contributed by atoms with van der Waals surface area (Å²) in [4.78, 5) is 28.7. The summed E-state index contributed by atoms with van der Waals surface area (Å²) in [7, 11) is 0. The molecule has 35 heavy (non-hydrogen) atoms. The van der Waals surface area contributed by atoms with Crippen LogP contribution in [0.3, 0.4) is 0 Å². The molecule has 0 fully saturated rings. The number of amides is 2. The van der Waals surface area contributed by atoms with E-state index < -0.39 is 11.9 Å². The highest BCUT2D eigenvalue weighted by Gasteiger charge is 2.31. The van der Waals surface area contributed by atoms with Gasteiger partial charge in [0.2, 0.25) is 11.8 Å². The van der Waals surface area contributed by atoms with E-state index in [2.05, 4.69) is 21.2 Å². The van der Waals surface area contributed by atoms with Crippen LogP contribution in [0.4, 0.5) is 4.39 Å². The fraction of sp³-hybridized carbons (Fsp3) is 0.286. The Bertz CT molecular complexity index is 1140. The molecule has 0 aliphatic rings. The standard InChI is InChI=1S/C28H29BrClFN2O2/c1-19(2)17-32-28(35)26(15-20-8-4-3-5-9-20)33(18-21-10-6-11-22(29)14-21)27(34)16-23-24(30)12-7-13-25(23)31/h3-14,19,26H,15-18H2,1-2H3,(H,32,35)/t26-/m1/s1. The highest BCUT2D eigenvalue weighted by molar-refractivity contribution is 9.10. The molecule has 0 saturated heterocycles. The van der Waals surface area contributed by atoms with E-state index in [9.17, 15) is 14.0 Å². The normalized spacial score (nSPS) is 11.8. The van der Waals surface area contributed by atoms with E-state index in [0.717, 1.165) is 15.6 Å². The summed E-state index contributed by atoms with van der Waals surface area (Å²) in [5, 5.41) is 3.16. The molecular weight excluding hydrogens is 531 g/mol. The third-order valence-electron chi connectivity index (χ3n) is 5.59. The second-order valence-corrected chi connectivity index (χ2v) is 10.2. The Hall–Kier alpha value is -2.70. The molecule has 0 radical (unpaired) electrons. The Balaban J connectivity index is 2.00. The van der Waals surface area contributed by atoms with Crippen LogP contribution in [0.25, 0.3) is 0 Å². The van der Waals surface area contributed by atoms with Crippen molar-refractivity contribution in [3.8, 4) is 0 Å². The first-order valence-electron chi connectivity index (χ1n) is 11.5. The van der Waals surface area contributed by atoms with Crippen molar-refractivity contribution in [1.82, 2.24) is 10.2 Å². The van der Waals surface area contributed by atoms with Gasteiger partial charge in [-0.3, -0.25) is 9.59 Å². The van der Waals surface area contributed by atoms with E-state index in [4.69, 9.17) is 11.6 Å². The average Bonchev–Trinajstić information content (AvgIpc) is 2.82. The molecule has 2 amide bonds. The molecule has 1 N–H and O–H groups in total. The zero-order valence-electron chi connectivity index (χ0n) is 19.8. The summed E-state index contributed by atoms with van der Waals surface area (Å²) < 4.78 is 15.4. The van der Waals surface area contributed by atoms with Gasteiger partial charge in [-0.25, -0.2) is 4.39 Å². The van der Waals surface area contributed by atoms with Crippen LogP contribution < -0.4 is 5.32 Å². The van der Waals surface area contributed by atoms with Crippen LogP contribution >= 0.6 is 27.5 Å². The number of hydrogen-bond acceptors (Lipinski definition) is 2. The van der Waals surface area contributed by atoms with Crippen LogP contribution in [0.5, 0.6) is 0 Å². The van der Waals surface area contributed by atoms with Crippen molar-refractivity contribution in [2.75, 3.05) is 6.54 Å². The Morgan fingerprint density at radius 3 is 2.34 bits per heavy atom. The van der Waals surface area contributed by atoms with E-state index >= 15 is 0 Å². The summed E-state index contributed by atoms with van der Waals surface area (Å²) in [5.41, 5.74) is 1.90. The van der Waals surface area contributed by atoms with E-state index in [-0.39, 0.29) is 41.3 Å². The number of rotatable bonds is 10. The lowest BCUT2D eigenvalue weighted by Gasteiger charge is -2.32. The van der Waals surface area contributed by atoms with Crippen molar-refractivity contribution in [3.63, 3.8) is 0 Å². The molecule has 0 aliphatic heterocycles. The molecule has 3 aromatic rings. The Labute approximate surface area is 219 Å². The van der Waals surface area contributed by atoms with Gasteiger partial charge in [0.25, 0.3) is 0 Å². The predicted molar refractivity (Wildman–Crippen MR) is 142 cm³/mol. The SMILES string of the molecule is CC(C)CNC(=O)[C@@H](Cc1ccccc1)N(Cc1cccc(Br)c1)C(=O)Cc1c(F)cccc1Cl. The number of nitrogens with one attached hydrogen (secondary N) is 1. The molecule has 0 aliphatic carbocycles. The van der Waals surface area contributed by atoms with Gasteiger partial charge < -0.3 is 10.2 Å². The minimum absolute atomic E-state index is 0.124. The lowest BCUT2D eigenvalue weighted by atomic mass is 10.0. The van der Waals surface area contributed by atoms with Crippen molar-refractivity contribution in [2.45, 2.75) is 39.3 Å². The number of carbonyl (C=O) groups is 2. The fourth-order valence-electron chi connectivity index (χ4n) is 3.76. The maximum absolute atomic E-state index is 14.5. The molecule has 4 nitrogen and oxygen atoms in total. The van der Waals surface area contributed by atoms with Gasteiger partial charge in [-0.05, 0) is 41.3 Å². The summed E-state index contributed by atoms with van der Waals surface area (Å²) >= 11 is 9.69. The monoisotopic (exact) mass is 558 g/mol. The molecular formula is C28H29BrClFN2O2. The molecule has 184 valence electrons. The average molecular weight is 560 g/mol. The van der Waals surface area contributed by atoms with Crippen LogP contribution in [0.15, 0.2) is 77.3 Å². The molecule has 0 saturated carbocycles. The van der Waals surface area contributed by atoms with Gasteiger partial charge in [0.1, 0.15) is 11.9 Å². The van der Waals surface area contributed by atoms with E-state index in [1.54, 1.807) is 6.07 Å². The molecule has 0 aromatic heterocycles. The lowest BCUT2D eigenvalue weighted by molar-refractivity contribution is -0.140. The molecule has 0 heterocycles. The number of carbonyl (C=O) groups excluding carboxylic acids is 2. The second-order valence-electron chi connectivity index (χ2n) is 8.87. The number of nitrogens with zero attached hydrogens (tertiary/aromatic N) is 1. The van der Waals surface area contributed by atoms with Crippen LogP contribution in [0.2, 0.25) is 5.02 Å². The summed E-state index contributed by atoms with van der Waals surface area (Å²) in [6, 6.07) is 20.7. The molecule has 0 unspecified atom stereocenters. The third-order valence-corrected chi connectivity index (χ3v) is 6.43. The first-order chi connectivity index (χ1) is 16.7. The van der Waals surface area contributed by atoms with Crippen molar-refractivity contribution < 1.29 is 14.0 Å². The maximum Gasteiger partial charge on any atom is 0.243 e. The second kappa shape index (κ2) is 12.8. The zero-order valence-corrected chi connectivity index (χ0v) is 22.2. The molecule has 0 spiro atoms. The zero-order chi connectivity index (χ0) is 25.4. The molecule has 1 atom stereocenters. The first-order valence-corrected chi connectivity index (χ1v) is 12.7. The van der Waals surface area contributed by atoms with Crippen molar-refractivity contribution in [1.29, 1.82) is 0 Å². The fourth-order valence-corrected chi connectivity index (χ4v) is 4.44. The lowest BCUT2D eigenvalue weighted by Crippen LogP contribution is -2.51. The Morgan fingerprint density at radius 2 is 1.69 bits per heavy atom. The van der Waals surface area contributed by atoms with Crippen molar-refractivity contribution in [2.24, 2.45) is 5.92 Å². The van der Waals surface area contributed by atoms with E-state index in [1.165, 1.54) is 17.0 Å². The summed E-state index contributed by atoms with van der Waals surface area (Å²) in [5.74, 6) is -0.914. The highest BCUT2D eigenvalue weighted by Crippen LogP contribution is 2.23. The number of benzene rings is 3. The Kier molecular flexibility index (Phi) is 9.87.